The van der Waals surface area contributed by atoms with Gasteiger partial charge in [-0.1, -0.05) is 53.0 Å². The normalized spacial score (nSPS) is 10.3. The average molecular weight is 286 g/mol. The average Bonchev–Trinajstić information content (AvgIpc) is 2.32. The van der Waals surface area contributed by atoms with Gasteiger partial charge in [0, 0.05) is 16.1 Å². The summed E-state index contributed by atoms with van der Waals surface area (Å²) in [4.78, 5) is 12.2. The summed E-state index contributed by atoms with van der Waals surface area (Å²) in [5.74, 6) is -0.194. The number of ketones is 1. The first-order chi connectivity index (χ1) is 8.09. The van der Waals surface area contributed by atoms with Crippen molar-refractivity contribution in [2.45, 2.75) is 0 Å². The molecule has 0 aromatic heterocycles. The standard InChI is InChI=1S/C13H7Cl3O/c14-9-4-1-3-8(7-9)13(17)10-5-2-6-11(15)12(10)16/h1-7H. The van der Waals surface area contributed by atoms with Gasteiger partial charge in [-0.05, 0) is 24.3 Å². The Morgan fingerprint density at radius 1 is 0.941 bits per heavy atom. The topological polar surface area (TPSA) is 17.1 Å². The van der Waals surface area contributed by atoms with E-state index < -0.39 is 0 Å². The minimum atomic E-state index is -0.194. The second-order valence-corrected chi connectivity index (χ2v) is 4.66. The third-order valence-corrected chi connectivity index (χ3v) is 3.34. The molecule has 2 aromatic carbocycles. The number of halogens is 3. The zero-order valence-electron chi connectivity index (χ0n) is 8.58. The molecule has 2 aromatic rings. The molecule has 0 saturated carbocycles. The van der Waals surface area contributed by atoms with Crippen LogP contribution in [0.2, 0.25) is 15.1 Å². The van der Waals surface area contributed by atoms with Gasteiger partial charge < -0.3 is 0 Å². The molecule has 0 N–H and O–H groups in total. The summed E-state index contributed by atoms with van der Waals surface area (Å²) < 4.78 is 0. The largest absolute Gasteiger partial charge is 0.289 e. The van der Waals surface area contributed by atoms with E-state index in [-0.39, 0.29) is 10.8 Å². The van der Waals surface area contributed by atoms with E-state index in [4.69, 9.17) is 34.8 Å². The van der Waals surface area contributed by atoms with Crippen LogP contribution < -0.4 is 0 Å². The van der Waals surface area contributed by atoms with E-state index in [0.29, 0.717) is 21.2 Å². The zero-order chi connectivity index (χ0) is 12.4. The molecular weight excluding hydrogens is 279 g/mol. The van der Waals surface area contributed by atoms with Crippen molar-refractivity contribution in [1.29, 1.82) is 0 Å². The molecule has 0 amide bonds. The maximum atomic E-state index is 12.2. The van der Waals surface area contributed by atoms with Crippen LogP contribution in [0, 0.1) is 0 Å². The molecule has 0 spiro atoms. The SMILES string of the molecule is O=C(c1cccc(Cl)c1)c1cccc(Cl)c1Cl. The van der Waals surface area contributed by atoms with Gasteiger partial charge in [0.05, 0.1) is 10.0 Å². The first-order valence-corrected chi connectivity index (χ1v) is 5.97. The van der Waals surface area contributed by atoms with E-state index in [1.165, 1.54) is 0 Å². The number of carbonyl (C=O) groups is 1. The molecule has 1 nitrogen and oxygen atoms in total. The molecule has 86 valence electrons. The van der Waals surface area contributed by atoms with Crippen molar-refractivity contribution < 1.29 is 4.79 Å². The lowest BCUT2D eigenvalue weighted by atomic mass is 10.0. The molecule has 0 atom stereocenters. The summed E-state index contributed by atoms with van der Waals surface area (Å²) in [5.41, 5.74) is 0.864. The predicted octanol–water partition coefficient (Wildman–Crippen LogP) is 4.88. The fourth-order valence-electron chi connectivity index (χ4n) is 1.46. The highest BCUT2D eigenvalue weighted by Gasteiger charge is 2.14. The van der Waals surface area contributed by atoms with Crippen LogP contribution in [-0.4, -0.2) is 5.78 Å². The van der Waals surface area contributed by atoms with Crippen molar-refractivity contribution in [3.63, 3.8) is 0 Å². The van der Waals surface area contributed by atoms with Crippen LogP contribution in [0.15, 0.2) is 42.5 Å². The lowest BCUT2D eigenvalue weighted by Gasteiger charge is -2.05. The minimum Gasteiger partial charge on any atom is -0.289 e. The number of hydrogen-bond acceptors (Lipinski definition) is 1. The van der Waals surface area contributed by atoms with Crippen molar-refractivity contribution in [3.8, 4) is 0 Å². The molecule has 0 aliphatic carbocycles. The van der Waals surface area contributed by atoms with Crippen LogP contribution in [0.1, 0.15) is 15.9 Å². The van der Waals surface area contributed by atoms with Crippen LogP contribution in [0.5, 0.6) is 0 Å². The Hall–Kier alpha value is -1.02. The fraction of sp³-hybridized carbons (Fsp3) is 0. The van der Waals surface area contributed by atoms with E-state index in [1.807, 2.05) is 0 Å². The van der Waals surface area contributed by atoms with E-state index >= 15 is 0 Å². The third-order valence-electron chi connectivity index (χ3n) is 2.28. The Labute approximate surface area is 114 Å². The summed E-state index contributed by atoms with van der Waals surface area (Å²) in [6, 6.07) is 11.7. The summed E-state index contributed by atoms with van der Waals surface area (Å²) >= 11 is 17.7. The maximum absolute atomic E-state index is 12.2. The molecule has 0 aliphatic heterocycles. The van der Waals surface area contributed by atoms with Gasteiger partial charge in [-0.2, -0.15) is 0 Å². The molecule has 0 radical (unpaired) electrons. The number of hydrogen-bond donors (Lipinski definition) is 0. The first kappa shape index (κ1) is 12.4. The Morgan fingerprint density at radius 3 is 2.35 bits per heavy atom. The minimum absolute atomic E-state index is 0.194. The molecule has 0 heterocycles. The highest BCUT2D eigenvalue weighted by atomic mass is 35.5. The molecule has 4 heteroatoms. The first-order valence-electron chi connectivity index (χ1n) is 4.84. The van der Waals surface area contributed by atoms with Gasteiger partial charge in [0.1, 0.15) is 0 Å². The van der Waals surface area contributed by atoms with Gasteiger partial charge >= 0.3 is 0 Å². The third kappa shape index (κ3) is 2.63. The van der Waals surface area contributed by atoms with Crippen LogP contribution in [0.25, 0.3) is 0 Å². The molecule has 2 rings (SSSR count). The summed E-state index contributed by atoms with van der Waals surface area (Å²) in [7, 11) is 0. The Morgan fingerprint density at radius 2 is 1.65 bits per heavy atom. The quantitative estimate of drug-likeness (QED) is 0.719. The predicted molar refractivity (Wildman–Crippen MR) is 71.3 cm³/mol. The lowest BCUT2D eigenvalue weighted by molar-refractivity contribution is 0.103. The highest BCUT2D eigenvalue weighted by Crippen LogP contribution is 2.27. The van der Waals surface area contributed by atoms with Gasteiger partial charge in [0.25, 0.3) is 0 Å². The summed E-state index contributed by atoms with van der Waals surface area (Å²) in [6.07, 6.45) is 0. The Balaban J connectivity index is 2.48. The molecule has 0 unspecified atom stereocenters. The van der Waals surface area contributed by atoms with Crippen LogP contribution in [0.4, 0.5) is 0 Å². The monoisotopic (exact) mass is 284 g/mol. The van der Waals surface area contributed by atoms with E-state index in [9.17, 15) is 4.79 Å². The fourth-order valence-corrected chi connectivity index (χ4v) is 2.04. The van der Waals surface area contributed by atoms with Gasteiger partial charge in [-0.3, -0.25) is 4.79 Å². The summed E-state index contributed by atoms with van der Waals surface area (Å²) in [5, 5.41) is 1.13. The van der Waals surface area contributed by atoms with Crippen molar-refractivity contribution in [2.24, 2.45) is 0 Å². The van der Waals surface area contributed by atoms with Crippen LogP contribution in [-0.2, 0) is 0 Å². The summed E-state index contributed by atoms with van der Waals surface area (Å²) in [6.45, 7) is 0. The lowest BCUT2D eigenvalue weighted by Crippen LogP contribution is -2.02. The van der Waals surface area contributed by atoms with Crippen molar-refractivity contribution >= 4 is 40.6 Å². The number of benzene rings is 2. The maximum Gasteiger partial charge on any atom is 0.194 e. The van der Waals surface area contributed by atoms with Crippen LogP contribution in [0.3, 0.4) is 0 Å². The Bertz CT molecular complexity index is 579. The van der Waals surface area contributed by atoms with Crippen molar-refractivity contribution in [3.05, 3.63) is 68.7 Å². The van der Waals surface area contributed by atoms with Gasteiger partial charge in [0.15, 0.2) is 5.78 Å². The molecule has 0 aliphatic rings. The van der Waals surface area contributed by atoms with E-state index in [0.717, 1.165) is 0 Å². The number of carbonyl (C=O) groups excluding carboxylic acids is 1. The van der Waals surface area contributed by atoms with E-state index in [1.54, 1.807) is 42.5 Å². The highest BCUT2D eigenvalue weighted by molar-refractivity contribution is 6.44. The number of rotatable bonds is 2. The Kier molecular flexibility index (Phi) is 3.72. The molecule has 0 saturated heterocycles. The smallest absolute Gasteiger partial charge is 0.194 e. The van der Waals surface area contributed by atoms with Crippen LogP contribution >= 0.6 is 34.8 Å². The molecular formula is C13H7Cl3O. The van der Waals surface area contributed by atoms with E-state index in [2.05, 4.69) is 0 Å². The molecule has 0 fully saturated rings. The molecule has 17 heavy (non-hydrogen) atoms. The zero-order valence-corrected chi connectivity index (χ0v) is 10.9. The van der Waals surface area contributed by atoms with Gasteiger partial charge in [-0.15, -0.1) is 0 Å². The van der Waals surface area contributed by atoms with Crippen molar-refractivity contribution in [2.75, 3.05) is 0 Å². The van der Waals surface area contributed by atoms with Crippen molar-refractivity contribution in [1.82, 2.24) is 0 Å². The van der Waals surface area contributed by atoms with Gasteiger partial charge in [0.2, 0.25) is 0 Å². The van der Waals surface area contributed by atoms with Gasteiger partial charge in [-0.25, -0.2) is 0 Å². The second kappa shape index (κ2) is 5.09. The molecule has 0 bridgehead atoms. The second-order valence-electron chi connectivity index (χ2n) is 3.44.